The van der Waals surface area contributed by atoms with Crippen molar-refractivity contribution in [3.63, 3.8) is 0 Å². The Morgan fingerprint density at radius 2 is 1.48 bits per heavy atom. The molecule has 0 unspecified atom stereocenters. The highest BCUT2D eigenvalue weighted by molar-refractivity contribution is 6.32. The summed E-state index contributed by atoms with van der Waals surface area (Å²) in [5, 5.41) is 0.635. The van der Waals surface area contributed by atoms with Gasteiger partial charge in [-0.25, -0.2) is 0 Å². The molecule has 0 aromatic heterocycles. The summed E-state index contributed by atoms with van der Waals surface area (Å²) in [6, 6.07) is 14.3. The second-order valence-electron chi connectivity index (χ2n) is 4.69. The van der Waals surface area contributed by atoms with E-state index in [2.05, 4.69) is 0 Å². The van der Waals surface area contributed by atoms with Crippen molar-refractivity contribution >= 4 is 29.5 Å². The number of nitrogens with zero attached hydrogens (tertiary/aromatic N) is 1. The third-order valence-electron chi connectivity index (χ3n) is 3.37. The molecule has 0 radical (unpaired) electrons. The molecular weight excluding hydrogens is 286 g/mol. The third kappa shape index (κ3) is 2.48. The van der Waals surface area contributed by atoms with E-state index in [4.69, 9.17) is 11.6 Å². The molecule has 0 bridgehead atoms. The van der Waals surface area contributed by atoms with Crippen molar-refractivity contribution in [3.05, 3.63) is 76.3 Å². The SMILES string of the molecule is O=C1c2ccccc2C(=O)N1C/C=C/c1ccccc1Cl. The molecule has 4 heteroatoms. The predicted octanol–water partition coefficient (Wildman–Crippen LogP) is 3.65. The smallest absolute Gasteiger partial charge is 0.261 e. The Hall–Kier alpha value is -2.39. The molecule has 104 valence electrons. The zero-order chi connectivity index (χ0) is 14.8. The zero-order valence-electron chi connectivity index (χ0n) is 11.1. The number of hydrogen-bond donors (Lipinski definition) is 0. The molecule has 2 aromatic carbocycles. The fourth-order valence-corrected chi connectivity index (χ4v) is 2.50. The predicted molar refractivity (Wildman–Crippen MR) is 82.3 cm³/mol. The Morgan fingerprint density at radius 3 is 2.10 bits per heavy atom. The van der Waals surface area contributed by atoms with E-state index in [1.807, 2.05) is 24.3 Å². The van der Waals surface area contributed by atoms with Gasteiger partial charge in [-0.3, -0.25) is 14.5 Å². The third-order valence-corrected chi connectivity index (χ3v) is 3.71. The second kappa shape index (κ2) is 5.54. The van der Waals surface area contributed by atoms with Crippen LogP contribution in [0.15, 0.2) is 54.6 Å². The number of rotatable bonds is 3. The number of amides is 2. The molecule has 0 spiro atoms. The number of carbonyl (C=O) groups excluding carboxylic acids is 2. The molecule has 21 heavy (non-hydrogen) atoms. The minimum absolute atomic E-state index is 0.234. The lowest BCUT2D eigenvalue weighted by molar-refractivity contribution is 0.0672. The minimum atomic E-state index is -0.251. The number of fused-ring (bicyclic) bond motifs is 1. The van der Waals surface area contributed by atoms with Crippen LogP contribution in [-0.2, 0) is 0 Å². The highest BCUT2D eigenvalue weighted by Crippen LogP contribution is 2.22. The van der Waals surface area contributed by atoms with Crippen LogP contribution in [0.5, 0.6) is 0 Å². The molecule has 0 N–H and O–H groups in total. The summed E-state index contributed by atoms with van der Waals surface area (Å²) in [6.45, 7) is 0.234. The summed E-state index contributed by atoms with van der Waals surface area (Å²) < 4.78 is 0. The van der Waals surface area contributed by atoms with Crippen LogP contribution in [0, 0.1) is 0 Å². The average Bonchev–Trinajstić information content (AvgIpc) is 2.74. The van der Waals surface area contributed by atoms with Crippen molar-refractivity contribution in [1.29, 1.82) is 0 Å². The van der Waals surface area contributed by atoms with Gasteiger partial charge in [-0.15, -0.1) is 0 Å². The van der Waals surface area contributed by atoms with Crippen LogP contribution in [0.25, 0.3) is 6.08 Å². The molecule has 0 saturated carbocycles. The molecule has 0 aliphatic carbocycles. The van der Waals surface area contributed by atoms with Gasteiger partial charge in [0.1, 0.15) is 0 Å². The van der Waals surface area contributed by atoms with Gasteiger partial charge in [-0.05, 0) is 23.8 Å². The van der Waals surface area contributed by atoms with Crippen LogP contribution >= 0.6 is 11.6 Å². The maximum Gasteiger partial charge on any atom is 0.261 e. The van der Waals surface area contributed by atoms with E-state index in [0.717, 1.165) is 5.56 Å². The zero-order valence-corrected chi connectivity index (χ0v) is 11.9. The summed E-state index contributed by atoms with van der Waals surface area (Å²) in [7, 11) is 0. The minimum Gasteiger partial charge on any atom is -0.270 e. The maximum atomic E-state index is 12.2. The molecule has 3 nitrogen and oxygen atoms in total. The van der Waals surface area contributed by atoms with Gasteiger partial charge in [0.05, 0.1) is 11.1 Å². The first kappa shape index (κ1) is 13.6. The van der Waals surface area contributed by atoms with Crippen molar-refractivity contribution in [2.24, 2.45) is 0 Å². The van der Waals surface area contributed by atoms with Gasteiger partial charge in [-0.1, -0.05) is 54.1 Å². The van der Waals surface area contributed by atoms with Crippen LogP contribution in [0.3, 0.4) is 0 Å². The van der Waals surface area contributed by atoms with Crippen molar-refractivity contribution in [2.45, 2.75) is 0 Å². The first-order valence-corrected chi connectivity index (χ1v) is 6.92. The van der Waals surface area contributed by atoms with E-state index >= 15 is 0 Å². The molecule has 1 aliphatic heterocycles. The lowest BCUT2D eigenvalue weighted by Crippen LogP contribution is -2.29. The normalized spacial score (nSPS) is 14.0. The molecule has 0 fully saturated rings. The van der Waals surface area contributed by atoms with E-state index in [0.29, 0.717) is 16.1 Å². The van der Waals surface area contributed by atoms with Crippen LogP contribution in [-0.4, -0.2) is 23.3 Å². The Balaban J connectivity index is 1.77. The Morgan fingerprint density at radius 1 is 0.905 bits per heavy atom. The summed E-state index contributed by atoms with van der Waals surface area (Å²) >= 11 is 6.05. The maximum absolute atomic E-state index is 12.2. The van der Waals surface area contributed by atoms with Crippen molar-refractivity contribution in [1.82, 2.24) is 4.90 Å². The van der Waals surface area contributed by atoms with Gasteiger partial charge in [0.15, 0.2) is 0 Å². The van der Waals surface area contributed by atoms with Crippen molar-refractivity contribution in [3.8, 4) is 0 Å². The van der Waals surface area contributed by atoms with Crippen molar-refractivity contribution < 1.29 is 9.59 Å². The first-order valence-electron chi connectivity index (χ1n) is 6.55. The van der Waals surface area contributed by atoms with Gasteiger partial charge in [0.25, 0.3) is 11.8 Å². The lowest BCUT2D eigenvalue weighted by atomic mass is 10.1. The molecular formula is C17H12ClNO2. The van der Waals surface area contributed by atoms with Crippen LogP contribution in [0.4, 0.5) is 0 Å². The van der Waals surface area contributed by atoms with Gasteiger partial charge in [0.2, 0.25) is 0 Å². The van der Waals surface area contributed by atoms with Gasteiger partial charge in [0, 0.05) is 11.6 Å². The van der Waals surface area contributed by atoms with E-state index in [-0.39, 0.29) is 18.4 Å². The molecule has 3 rings (SSSR count). The van der Waals surface area contributed by atoms with E-state index in [1.165, 1.54) is 4.90 Å². The fraction of sp³-hybridized carbons (Fsp3) is 0.0588. The molecule has 2 aromatic rings. The number of imide groups is 1. The number of carbonyl (C=O) groups is 2. The van der Waals surface area contributed by atoms with Gasteiger partial charge >= 0.3 is 0 Å². The average molecular weight is 298 g/mol. The lowest BCUT2D eigenvalue weighted by Gasteiger charge is -2.10. The van der Waals surface area contributed by atoms with E-state index in [9.17, 15) is 9.59 Å². The second-order valence-corrected chi connectivity index (χ2v) is 5.10. The Labute approximate surface area is 127 Å². The largest absolute Gasteiger partial charge is 0.270 e. The summed E-state index contributed by atoms with van der Waals surface area (Å²) in [6.07, 6.45) is 3.58. The van der Waals surface area contributed by atoms with Gasteiger partial charge < -0.3 is 0 Å². The highest BCUT2D eigenvalue weighted by Gasteiger charge is 2.33. The summed E-state index contributed by atoms with van der Waals surface area (Å²) in [5.41, 5.74) is 1.79. The van der Waals surface area contributed by atoms with E-state index < -0.39 is 0 Å². The molecule has 1 aliphatic rings. The molecule has 0 saturated heterocycles. The number of hydrogen-bond acceptors (Lipinski definition) is 2. The highest BCUT2D eigenvalue weighted by atomic mass is 35.5. The topological polar surface area (TPSA) is 37.4 Å². The van der Waals surface area contributed by atoms with Crippen LogP contribution in [0.2, 0.25) is 5.02 Å². The number of halogens is 1. The number of benzene rings is 2. The van der Waals surface area contributed by atoms with Crippen LogP contribution in [0.1, 0.15) is 26.3 Å². The van der Waals surface area contributed by atoms with Crippen LogP contribution < -0.4 is 0 Å². The standard InChI is InChI=1S/C17H12ClNO2/c18-15-10-4-1-6-12(15)7-5-11-19-16(20)13-8-2-3-9-14(13)17(19)21/h1-10H,11H2/b7-5+. The first-order chi connectivity index (χ1) is 10.2. The Kier molecular flexibility index (Phi) is 3.59. The molecule has 2 amide bonds. The van der Waals surface area contributed by atoms with Crippen molar-refractivity contribution in [2.75, 3.05) is 6.54 Å². The quantitative estimate of drug-likeness (QED) is 0.811. The monoisotopic (exact) mass is 297 g/mol. The van der Waals surface area contributed by atoms with E-state index in [1.54, 1.807) is 36.4 Å². The molecule has 1 heterocycles. The Bertz CT molecular complexity index is 717. The fourth-order valence-electron chi connectivity index (χ4n) is 2.30. The van der Waals surface area contributed by atoms with Gasteiger partial charge in [-0.2, -0.15) is 0 Å². The summed E-state index contributed by atoms with van der Waals surface area (Å²) in [4.78, 5) is 25.6. The summed E-state index contributed by atoms with van der Waals surface area (Å²) in [5.74, 6) is -0.501. The molecule has 0 atom stereocenters.